The molecule has 0 heterocycles. The third kappa shape index (κ3) is 5.13. The Morgan fingerprint density at radius 3 is 2.31 bits per heavy atom. The molecule has 0 aliphatic heterocycles. The third-order valence-corrected chi connectivity index (χ3v) is 5.34. The summed E-state index contributed by atoms with van der Waals surface area (Å²) in [6.07, 6.45) is 1.71. The summed E-state index contributed by atoms with van der Waals surface area (Å²) in [6, 6.07) is 17.8. The Morgan fingerprint density at radius 2 is 1.69 bits per heavy atom. The molecule has 0 atom stereocenters. The van der Waals surface area contributed by atoms with Crippen LogP contribution in [0.15, 0.2) is 54.6 Å². The number of hydrogen-bond acceptors (Lipinski definition) is 5. The molecule has 0 spiro atoms. The van der Waals surface area contributed by atoms with Gasteiger partial charge in [0, 0.05) is 12.1 Å². The van der Waals surface area contributed by atoms with E-state index in [4.69, 9.17) is 9.47 Å². The van der Waals surface area contributed by atoms with Crippen molar-refractivity contribution in [2.45, 2.75) is 27.4 Å². The summed E-state index contributed by atoms with van der Waals surface area (Å²) in [5, 5.41) is 20.4. The van der Waals surface area contributed by atoms with E-state index in [0.29, 0.717) is 29.2 Å². The van der Waals surface area contributed by atoms with E-state index in [0.717, 1.165) is 11.1 Å². The summed E-state index contributed by atoms with van der Waals surface area (Å²) < 4.78 is 11.5. The fourth-order valence-corrected chi connectivity index (χ4v) is 3.33. The molecule has 0 aliphatic carbocycles. The van der Waals surface area contributed by atoms with E-state index in [9.17, 15) is 15.4 Å². The van der Waals surface area contributed by atoms with Crippen molar-refractivity contribution in [3.05, 3.63) is 98.1 Å². The Labute approximate surface area is 187 Å². The van der Waals surface area contributed by atoms with Crippen molar-refractivity contribution >= 4 is 17.3 Å². The van der Waals surface area contributed by atoms with Gasteiger partial charge in [-0.25, -0.2) is 0 Å². The van der Waals surface area contributed by atoms with Crippen LogP contribution < -0.4 is 9.47 Å². The SMILES string of the molecule is COc1cc(C=C(C#N)c2ccc([N+](=O)[O-])cc2)ccc1OCc1cc(C)c(C)cc1C. The van der Waals surface area contributed by atoms with Crippen molar-refractivity contribution in [1.29, 1.82) is 5.26 Å². The zero-order valence-corrected chi connectivity index (χ0v) is 18.5. The summed E-state index contributed by atoms with van der Waals surface area (Å²) in [5.41, 5.74) is 6.49. The van der Waals surface area contributed by atoms with Gasteiger partial charge in [0.15, 0.2) is 11.5 Å². The second-order valence-corrected chi connectivity index (χ2v) is 7.54. The van der Waals surface area contributed by atoms with Gasteiger partial charge in [-0.05, 0) is 84.5 Å². The van der Waals surface area contributed by atoms with E-state index in [1.807, 2.05) is 12.1 Å². The van der Waals surface area contributed by atoms with Crippen LogP contribution in [0.2, 0.25) is 0 Å². The van der Waals surface area contributed by atoms with Crippen molar-refractivity contribution in [2.75, 3.05) is 7.11 Å². The predicted molar refractivity (Wildman–Crippen MR) is 125 cm³/mol. The van der Waals surface area contributed by atoms with Crippen molar-refractivity contribution in [3.63, 3.8) is 0 Å². The molecule has 3 aromatic rings. The number of allylic oxidation sites excluding steroid dienone is 1. The van der Waals surface area contributed by atoms with E-state index in [1.165, 1.54) is 28.8 Å². The van der Waals surface area contributed by atoms with Gasteiger partial charge in [0.25, 0.3) is 5.69 Å². The molecule has 32 heavy (non-hydrogen) atoms. The van der Waals surface area contributed by atoms with Gasteiger partial charge >= 0.3 is 0 Å². The highest BCUT2D eigenvalue weighted by molar-refractivity contribution is 5.90. The topological polar surface area (TPSA) is 85.4 Å². The molecule has 6 heteroatoms. The largest absolute Gasteiger partial charge is 0.493 e. The number of hydrogen-bond donors (Lipinski definition) is 0. The number of non-ortho nitro benzene ring substituents is 1. The molecule has 0 amide bonds. The molecule has 6 nitrogen and oxygen atoms in total. The Morgan fingerprint density at radius 1 is 1.00 bits per heavy atom. The maximum atomic E-state index is 10.8. The highest BCUT2D eigenvalue weighted by atomic mass is 16.6. The first-order valence-corrected chi connectivity index (χ1v) is 10.1. The number of nitriles is 1. The smallest absolute Gasteiger partial charge is 0.269 e. The lowest BCUT2D eigenvalue weighted by atomic mass is 10.0. The van der Waals surface area contributed by atoms with Crippen LogP contribution in [0.5, 0.6) is 11.5 Å². The molecular weight excluding hydrogens is 404 g/mol. The number of ether oxygens (including phenoxy) is 2. The molecule has 0 saturated heterocycles. The highest BCUT2D eigenvalue weighted by Crippen LogP contribution is 2.31. The molecule has 0 radical (unpaired) electrons. The van der Waals surface area contributed by atoms with Gasteiger partial charge < -0.3 is 9.47 Å². The fourth-order valence-electron chi connectivity index (χ4n) is 3.33. The molecular formula is C26H24N2O4. The summed E-state index contributed by atoms with van der Waals surface area (Å²) in [5.74, 6) is 1.16. The van der Waals surface area contributed by atoms with Crippen LogP contribution in [-0.2, 0) is 6.61 Å². The zero-order valence-electron chi connectivity index (χ0n) is 18.5. The second kappa shape index (κ2) is 9.80. The monoisotopic (exact) mass is 428 g/mol. The van der Waals surface area contributed by atoms with Gasteiger partial charge in [0.2, 0.25) is 0 Å². The molecule has 3 aromatic carbocycles. The lowest BCUT2D eigenvalue weighted by Crippen LogP contribution is -2.01. The third-order valence-electron chi connectivity index (χ3n) is 5.34. The lowest BCUT2D eigenvalue weighted by Gasteiger charge is -2.14. The Hall–Kier alpha value is -4.11. The number of rotatable bonds is 7. The summed E-state index contributed by atoms with van der Waals surface area (Å²) in [7, 11) is 1.57. The van der Waals surface area contributed by atoms with Crippen LogP contribution in [-0.4, -0.2) is 12.0 Å². The van der Waals surface area contributed by atoms with Crippen LogP contribution in [0.1, 0.15) is 33.4 Å². The normalized spacial score (nSPS) is 11.0. The first kappa shape index (κ1) is 22.6. The van der Waals surface area contributed by atoms with Crippen LogP contribution in [0.3, 0.4) is 0 Å². The van der Waals surface area contributed by atoms with E-state index in [1.54, 1.807) is 31.4 Å². The Balaban J connectivity index is 1.83. The molecule has 0 unspecified atom stereocenters. The van der Waals surface area contributed by atoms with Gasteiger partial charge in [0.05, 0.1) is 23.7 Å². The van der Waals surface area contributed by atoms with E-state index >= 15 is 0 Å². The van der Waals surface area contributed by atoms with Gasteiger partial charge in [-0.1, -0.05) is 18.2 Å². The molecule has 162 valence electrons. The molecule has 0 N–H and O–H groups in total. The molecule has 0 aliphatic rings. The second-order valence-electron chi connectivity index (χ2n) is 7.54. The van der Waals surface area contributed by atoms with Gasteiger partial charge in [0.1, 0.15) is 6.61 Å². The van der Waals surface area contributed by atoms with Crippen molar-refractivity contribution in [3.8, 4) is 17.6 Å². The number of nitro benzene ring substituents is 1. The van der Waals surface area contributed by atoms with Gasteiger partial charge in [-0.2, -0.15) is 5.26 Å². The number of benzene rings is 3. The van der Waals surface area contributed by atoms with Crippen molar-refractivity contribution < 1.29 is 14.4 Å². The first-order chi connectivity index (χ1) is 15.3. The summed E-state index contributed by atoms with van der Waals surface area (Å²) in [6.45, 7) is 6.66. The minimum absolute atomic E-state index is 0.0202. The quantitative estimate of drug-likeness (QED) is 0.194. The van der Waals surface area contributed by atoms with Crippen LogP contribution in [0.4, 0.5) is 5.69 Å². The Kier molecular flexibility index (Phi) is 6.91. The summed E-state index contributed by atoms with van der Waals surface area (Å²) in [4.78, 5) is 10.4. The van der Waals surface area contributed by atoms with Crippen molar-refractivity contribution in [2.24, 2.45) is 0 Å². The average molecular weight is 428 g/mol. The van der Waals surface area contributed by atoms with E-state index in [-0.39, 0.29) is 5.69 Å². The minimum atomic E-state index is -0.470. The lowest BCUT2D eigenvalue weighted by molar-refractivity contribution is -0.384. The summed E-state index contributed by atoms with van der Waals surface area (Å²) >= 11 is 0. The maximum Gasteiger partial charge on any atom is 0.269 e. The van der Waals surface area contributed by atoms with E-state index in [2.05, 4.69) is 39.0 Å². The first-order valence-electron chi connectivity index (χ1n) is 10.1. The maximum absolute atomic E-state index is 10.8. The molecule has 0 aromatic heterocycles. The minimum Gasteiger partial charge on any atom is -0.493 e. The highest BCUT2D eigenvalue weighted by Gasteiger charge is 2.10. The van der Waals surface area contributed by atoms with Gasteiger partial charge in [-0.15, -0.1) is 0 Å². The molecule has 0 bridgehead atoms. The molecule has 3 rings (SSSR count). The van der Waals surface area contributed by atoms with E-state index < -0.39 is 4.92 Å². The van der Waals surface area contributed by atoms with Crippen LogP contribution in [0.25, 0.3) is 11.6 Å². The fraction of sp³-hybridized carbons (Fsp3) is 0.192. The molecule has 0 saturated carbocycles. The zero-order chi connectivity index (χ0) is 23.3. The van der Waals surface area contributed by atoms with Crippen molar-refractivity contribution in [1.82, 2.24) is 0 Å². The van der Waals surface area contributed by atoms with Gasteiger partial charge in [-0.3, -0.25) is 10.1 Å². The predicted octanol–water partition coefficient (Wildman–Crippen LogP) is 6.17. The average Bonchev–Trinajstić information content (AvgIpc) is 2.79. The molecule has 0 fully saturated rings. The standard InChI is InChI=1S/C26H24N2O4/c1-17-11-19(3)23(12-18(17)2)16-32-25-10-5-20(14-26(25)31-4)13-22(15-27)21-6-8-24(9-7-21)28(29)30/h5-14H,16H2,1-4H3. The van der Waals surface area contributed by atoms with Crippen LogP contribution >= 0.6 is 0 Å². The number of aryl methyl sites for hydroxylation is 3. The Bertz CT molecular complexity index is 1220. The van der Waals surface area contributed by atoms with Crippen LogP contribution in [0, 0.1) is 42.2 Å². The number of nitro groups is 1. The number of methoxy groups -OCH3 is 1. The number of nitrogens with zero attached hydrogens (tertiary/aromatic N) is 2.